The van der Waals surface area contributed by atoms with E-state index in [0.717, 1.165) is 44.5 Å². The van der Waals surface area contributed by atoms with Crippen LogP contribution in [-0.4, -0.2) is 16.2 Å². The second kappa shape index (κ2) is 5.36. The molecule has 0 unspecified atom stereocenters. The van der Waals surface area contributed by atoms with Crippen molar-refractivity contribution < 1.29 is 15.0 Å². The zero-order valence-electron chi connectivity index (χ0n) is 15.4. The largest absolute Gasteiger partial charge is 0.508 e. The maximum atomic E-state index is 11.8. The van der Waals surface area contributed by atoms with Gasteiger partial charge in [-0.15, -0.1) is 0 Å². The van der Waals surface area contributed by atoms with Gasteiger partial charge in [0.2, 0.25) is 0 Å². The molecule has 4 aromatic rings. The minimum absolute atomic E-state index is 0.205. The molecule has 3 heteroatoms. The molecule has 0 amide bonds. The Morgan fingerprint density at radius 3 is 1.76 bits per heavy atom. The first-order valence-electron chi connectivity index (χ1n) is 9.53. The molecule has 0 bridgehead atoms. The van der Waals surface area contributed by atoms with E-state index in [-0.39, 0.29) is 11.3 Å². The quantitative estimate of drug-likeness (QED) is 0.402. The maximum Gasteiger partial charge on any atom is 0.335 e. The molecule has 3 nitrogen and oxygen atoms in total. The second-order valence-electron chi connectivity index (χ2n) is 7.64. The number of rotatable bonds is 1. The predicted molar refractivity (Wildman–Crippen MR) is 111 cm³/mol. The van der Waals surface area contributed by atoms with Gasteiger partial charge in [0.25, 0.3) is 0 Å². The summed E-state index contributed by atoms with van der Waals surface area (Å²) in [6.07, 6.45) is 0. The molecule has 0 saturated heterocycles. The molecule has 0 heterocycles. The SMILES string of the molecule is O=C(O)c1ccc2c(c1)C1(c3ccccc3-c3ccccc31)c1cc(O)ccc1-2. The zero-order chi connectivity index (χ0) is 19.8. The summed E-state index contributed by atoms with van der Waals surface area (Å²) in [5.74, 6) is -0.738. The van der Waals surface area contributed by atoms with Gasteiger partial charge in [-0.05, 0) is 68.8 Å². The number of hydrogen-bond donors (Lipinski definition) is 2. The number of fused-ring (bicyclic) bond motifs is 10. The van der Waals surface area contributed by atoms with Crippen molar-refractivity contribution in [1.29, 1.82) is 0 Å². The van der Waals surface area contributed by atoms with Gasteiger partial charge in [-0.3, -0.25) is 0 Å². The molecule has 4 aromatic carbocycles. The van der Waals surface area contributed by atoms with E-state index >= 15 is 0 Å². The molecule has 0 fully saturated rings. The van der Waals surface area contributed by atoms with E-state index in [0.29, 0.717) is 0 Å². The van der Waals surface area contributed by atoms with Crippen LogP contribution in [0.1, 0.15) is 32.6 Å². The number of carboxylic acids is 1. The summed E-state index contributed by atoms with van der Waals surface area (Å²) in [5, 5.41) is 20.0. The van der Waals surface area contributed by atoms with Crippen LogP contribution in [0.3, 0.4) is 0 Å². The Balaban J connectivity index is 1.85. The van der Waals surface area contributed by atoms with Crippen LogP contribution < -0.4 is 0 Å². The standard InChI is InChI=1S/C26H16O3/c27-16-10-12-20-19-11-9-15(25(28)29)13-23(19)26(24(20)14-16)21-7-3-1-5-17(21)18-6-2-4-8-22(18)26/h1-14,27H,(H,28,29). The lowest BCUT2D eigenvalue weighted by Gasteiger charge is -2.30. The van der Waals surface area contributed by atoms with Crippen LogP contribution in [0.5, 0.6) is 5.75 Å². The third-order valence-electron chi connectivity index (χ3n) is 6.32. The van der Waals surface area contributed by atoms with Crippen LogP contribution in [0, 0.1) is 0 Å². The van der Waals surface area contributed by atoms with Crippen molar-refractivity contribution in [3.05, 3.63) is 113 Å². The molecule has 2 aliphatic rings. The number of aromatic hydroxyl groups is 1. The molecule has 0 aromatic heterocycles. The Kier molecular flexibility index (Phi) is 2.98. The van der Waals surface area contributed by atoms with Gasteiger partial charge in [0, 0.05) is 0 Å². The van der Waals surface area contributed by atoms with Gasteiger partial charge in [0.1, 0.15) is 5.75 Å². The normalized spacial score (nSPS) is 14.2. The van der Waals surface area contributed by atoms with Gasteiger partial charge in [-0.25, -0.2) is 4.79 Å². The van der Waals surface area contributed by atoms with Crippen molar-refractivity contribution in [1.82, 2.24) is 0 Å². The van der Waals surface area contributed by atoms with Gasteiger partial charge >= 0.3 is 5.97 Å². The highest BCUT2D eigenvalue weighted by molar-refractivity contribution is 5.97. The smallest absolute Gasteiger partial charge is 0.335 e. The minimum atomic E-state index is -0.943. The number of carboxylic acid groups (broad SMARTS) is 1. The topological polar surface area (TPSA) is 57.5 Å². The molecule has 2 N–H and O–H groups in total. The van der Waals surface area contributed by atoms with Gasteiger partial charge in [0.05, 0.1) is 11.0 Å². The number of phenolic OH excluding ortho intramolecular Hbond substituents is 1. The molecule has 0 atom stereocenters. The minimum Gasteiger partial charge on any atom is -0.508 e. The lowest BCUT2D eigenvalue weighted by atomic mass is 9.70. The third kappa shape index (κ3) is 1.84. The fourth-order valence-electron chi connectivity index (χ4n) is 5.26. The molecule has 2 aliphatic carbocycles. The van der Waals surface area contributed by atoms with Crippen LogP contribution in [0.2, 0.25) is 0 Å². The van der Waals surface area contributed by atoms with Crippen molar-refractivity contribution >= 4 is 5.97 Å². The molecule has 0 aliphatic heterocycles. The molecule has 6 rings (SSSR count). The molecule has 138 valence electrons. The molecular weight excluding hydrogens is 360 g/mol. The van der Waals surface area contributed by atoms with Crippen molar-refractivity contribution in [2.45, 2.75) is 5.41 Å². The monoisotopic (exact) mass is 376 g/mol. The molecule has 0 saturated carbocycles. The number of aromatic carboxylic acids is 1. The van der Waals surface area contributed by atoms with E-state index in [1.807, 2.05) is 42.5 Å². The Morgan fingerprint density at radius 2 is 1.14 bits per heavy atom. The van der Waals surface area contributed by atoms with E-state index in [1.165, 1.54) is 0 Å². The molecular formula is C26H16O3. The third-order valence-corrected chi connectivity index (χ3v) is 6.32. The van der Waals surface area contributed by atoms with Crippen molar-refractivity contribution in [3.63, 3.8) is 0 Å². The predicted octanol–water partition coefficient (Wildman–Crippen LogP) is 5.43. The highest BCUT2D eigenvalue weighted by Gasteiger charge is 2.51. The summed E-state index contributed by atoms with van der Waals surface area (Å²) in [6, 6.07) is 27.4. The summed E-state index contributed by atoms with van der Waals surface area (Å²) in [6.45, 7) is 0. The van der Waals surface area contributed by atoms with Crippen LogP contribution in [0.25, 0.3) is 22.3 Å². The number of phenols is 1. The van der Waals surface area contributed by atoms with Crippen molar-refractivity contribution in [2.75, 3.05) is 0 Å². The van der Waals surface area contributed by atoms with E-state index < -0.39 is 11.4 Å². The van der Waals surface area contributed by atoms with Crippen LogP contribution >= 0.6 is 0 Å². The first-order chi connectivity index (χ1) is 14.1. The van der Waals surface area contributed by atoms with Gasteiger partial charge in [-0.1, -0.05) is 60.7 Å². The van der Waals surface area contributed by atoms with Gasteiger partial charge in [0.15, 0.2) is 0 Å². The fourth-order valence-corrected chi connectivity index (χ4v) is 5.26. The molecule has 0 radical (unpaired) electrons. The number of carbonyl (C=O) groups is 1. The Labute approximate surface area is 167 Å². The second-order valence-corrected chi connectivity index (χ2v) is 7.64. The van der Waals surface area contributed by atoms with Crippen LogP contribution in [0.15, 0.2) is 84.9 Å². The summed E-state index contributed by atoms with van der Waals surface area (Å²) >= 11 is 0. The average Bonchev–Trinajstić information content (AvgIpc) is 3.20. The van der Waals surface area contributed by atoms with E-state index in [1.54, 1.807) is 18.2 Å². The van der Waals surface area contributed by atoms with Gasteiger partial charge < -0.3 is 10.2 Å². The maximum absolute atomic E-state index is 11.8. The summed E-state index contributed by atoms with van der Waals surface area (Å²) in [4.78, 5) is 11.8. The highest BCUT2D eigenvalue weighted by Crippen LogP contribution is 2.63. The van der Waals surface area contributed by atoms with Crippen LogP contribution in [0.4, 0.5) is 0 Å². The first kappa shape index (κ1) is 16.1. The lowest BCUT2D eigenvalue weighted by molar-refractivity contribution is 0.0696. The molecule has 29 heavy (non-hydrogen) atoms. The Morgan fingerprint density at radius 1 is 0.621 bits per heavy atom. The Bertz CT molecular complexity index is 1300. The van der Waals surface area contributed by atoms with Crippen molar-refractivity contribution in [3.8, 4) is 28.0 Å². The summed E-state index contributed by atoms with van der Waals surface area (Å²) in [5.41, 5.74) is 8.14. The van der Waals surface area contributed by atoms with Crippen molar-refractivity contribution in [2.24, 2.45) is 0 Å². The zero-order valence-corrected chi connectivity index (χ0v) is 15.4. The fraction of sp³-hybridized carbons (Fsp3) is 0.0385. The number of benzene rings is 4. The lowest BCUT2D eigenvalue weighted by Crippen LogP contribution is -2.26. The average molecular weight is 376 g/mol. The van der Waals surface area contributed by atoms with Crippen LogP contribution in [-0.2, 0) is 5.41 Å². The number of hydrogen-bond acceptors (Lipinski definition) is 2. The summed E-state index contributed by atoms with van der Waals surface area (Å²) < 4.78 is 0. The highest BCUT2D eigenvalue weighted by atomic mass is 16.4. The van der Waals surface area contributed by atoms with E-state index in [2.05, 4.69) is 24.3 Å². The first-order valence-corrected chi connectivity index (χ1v) is 9.53. The Hall–Kier alpha value is -3.85. The van der Waals surface area contributed by atoms with Gasteiger partial charge in [-0.2, -0.15) is 0 Å². The van der Waals surface area contributed by atoms with E-state index in [9.17, 15) is 15.0 Å². The molecule has 1 spiro atoms. The summed E-state index contributed by atoms with van der Waals surface area (Å²) in [7, 11) is 0. The van der Waals surface area contributed by atoms with E-state index in [4.69, 9.17) is 0 Å².